The maximum absolute atomic E-state index is 13.3. The number of thiophene rings is 1. The number of halogens is 1. The van der Waals surface area contributed by atoms with Crippen LogP contribution in [0.2, 0.25) is 0 Å². The summed E-state index contributed by atoms with van der Waals surface area (Å²) in [5, 5.41) is 0.953. The van der Waals surface area contributed by atoms with Gasteiger partial charge in [-0.1, -0.05) is 0 Å². The smallest absolute Gasteiger partial charge is 0.123 e. The average molecular weight is 308 g/mol. The molecule has 3 nitrogen and oxygen atoms in total. The Labute approximate surface area is 128 Å². The average Bonchev–Trinajstić information content (AvgIpc) is 3.12. The van der Waals surface area contributed by atoms with Crippen LogP contribution < -0.4 is 11.3 Å². The first-order valence-electron chi connectivity index (χ1n) is 7.53. The number of nitrogens with one attached hydrogen (secondary N) is 1. The first kappa shape index (κ1) is 14.9. The highest BCUT2D eigenvalue weighted by atomic mass is 32.1. The lowest BCUT2D eigenvalue weighted by atomic mass is 10.0. The SMILES string of the molecule is NNC(CCCC1CCCO1)c1cc2cc(F)ccc2s1. The van der Waals surface area contributed by atoms with Gasteiger partial charge in [0.15, 0.2) is 0 Å². The first-order valence-corrected chi connectivity index (χ1v) is 8.34. The molecular formula is C16H21FN2OS. The van der Waals surface area contributed by atoms with E-state index < -0.39 is 0 Å². The van der Waals surface area contributed by atoms with Crippen molar-refractivity contribution in [3.8, 4) is 0 Å². The van der Waals surface area contributed by atoms with Crippen molar-refractivity contribution in [2.75, 3.05) is 6.61 Å². The molecule has 5 heteroatoms. The Balaban J connectivity index is 1.63. The molecule has 0 bridgehead atoms. The minimum atomic E-state index is -0.192. The van der Waals surface area contributed by atoms with Crippen molar-refractivity contribution in [3.63, 3.8) is 0 Å². The van der Waals surface area contributed by atoms with Gasteiger partial charge in [-0.2, -0.15) is 0 Å². The van der Waals surface area contributed by atoms with Crippen LogP contribution in [0.25, 0.3) is 10.1 Å². The summed E-state index contributed by atoms with van der Waals surface area (Å²) in [4.78, 5) is 1.17. The predicted octanol–water partition coefficient (Wildman–Crippen LogP) is 3.89. The van der Waals surface area contributed by atoms with Crippen LogP contribution in [0.15, 0.2) is 24.3 Å². The number of benzene rings is 1. The standard InChI is InChI=1S/C16H21FN2OS/c17-12-6-7-15-11(9-12)10-16(21-15)14(19-18)5-1-3-13-4-2-8-20-13/h6-7,9-10,13-14,19H,1-5,8,18H2. The Morgan fingerprint density at radius 3 is 3.10 bits per heavy atom. The predicted molar refractivity (Wildman–Crippen MR) is 84.7 cm³/mol. The molecule has 2 atom stereocenters. The van der Waals surface area contributed by atoms with Crippen molar-refractivity contribution in [1.29, 1.82) is 0 Å². The Morgan fingerprint density at radius 2 is 2.33 bits per heavy atom. The fraction of sp³-hybridized carbons (Fsp3) is 0.500. The van der Waals surface area contributed by atoms with E-state index in [-0.39, 0.29) is 11.9 Å². The van der Waals surface area contributed by atoms with Gasteiger partial charge in [0, 0.05) is 16.2 Å². The van der Waals surface area contributed by atoms with E-state index in [1.54, 1.807) is 17.4 Å². The minimum absolute atomic E-state index is 0.131. The third kappa shape index (κ3) is 3.61. The number of hydrogen-bond acceptors (Lipinski definition) is 4. The lowest BCUT2D eigenvalue weighted by Gasteiger charge is -2.15. The zero-order valence-corrected chi connectivity index (χ0v) is 12.8. The van der Waals surface area contributed by atoms with Gasteiger partial charge >= 0.3 is 0 Å². The molecule has 1 saturated heterocycles. The molecule has 3 rings (SSSR count). The highest BCUT2D eigenvalue weighted by Crippen LogP contribution is 2.32. The minimum Gasteiger partial charge on any atom is -0.378 e. The molecule has 1 fully saturated rings. The number of hydrogen-bond donors (Lipinski definition) is 2. The Bertz CT molecular complexity index is 595. The van der Waals surface area contributed by atoms with Crippen LogP contribution in [0.1, 0.15) is 43.0 Å². The van der Waals surface area contributed by atoms with Crippen molar-refractivity contribution in [3.05, 3.63) is 35.0 Å². The molecule has 0 aliphatic carbocycles. The van der Waals surface area contributed by atoms with E-state index in [2.05, 4.69) is 5.43 Å². The Hall–Kier alpha value is -1.01. The number of hydrazine groups is 1. The molecule has 0 spiro atoms. The van der Waals surface area contributed by atoms with Crippen LogP contribution in [0.5, 0.6) is 0 Å². The van der Waals surface area contributed by atoms with Gasteiger partial charge in [-0.3, -0.25) is 11.3 Å². The van der Waals surface area contributed by atoms with E-state index in [1.165, 1.54) is 23.8 Å². The Morgan fingerprint density at radius 1 is 1.43 bits per heavy atom. The largest absolute Gasteiger partial charge is 0.378 e. The maximum atomic E-state index is 13.3. The van der Waals surface area contributed by atoms with Gasteiger partial charge in [-0.05, 0) is 61.8 Å². The van der Waals surface area contributed by atoms with Gasteiger partial charge in [0.1, 0.15) is 5.82 Å². The molecule has 2 aromatic rings. The zero-order chi connectivity index (χ0) is 14.7. The summed E-state index contributed by atoms with van der Waals surface area (Å²) in [6, 6.07) is 7.09. The monoisotopic (exact) mass is 308 g/mol. The molecule has 1 aliphatic rings. The van der Waals surface area contributed by atoms with Crippen LogP contribution in [0, 0.1) is 5.82 Å². The van der Waals surface area contributed by atoms with Crippen LogP contribution >= 0.6 is 11.3 Å². The molecule has 0 saturated carbocycles. The first-order chi connectivity index (χ1) is 10.3. The van der Waals surface area contributed by atoms with Gasteiger partial charge in [-0.25, -0.2) is 4.39 Å². The highest BCUT2D eigenvalue weighted by molar-refractivity contribution is 7.19. The van der Waals surface area contributed by atoms with Gasteiger partial charge in [0.2, 0.25) is 0 Å². The fourth-order valence-electron chi connectivity index (χ4n) is 2.94. The summed E-state index contributed by atoms with van der Waals surface area (Å²) >= 11 is 1.68. The van der Waals surface area contributed by atoms with Crippen LogP contribution in [0.3, 0.4) is 0 Å². The van der Waals surface area contributed by atoms with Crippen molar-refractivity contribution < 1.29 is 9.13 Å². The number of ether oxygens (including phenoxy) is 1. The molecule has 0 amide bonds. The molecule has 21 heavy (non-hydrogen) atoms. The molecule has 1 aromatic heterocycles. The number of nitrogens with two attached hydrogens (primary N) is 1. The summed E-state index contributed by atoms with van der Waals surface area (Å²) in [6.45, 7) is 0.908. The molecular weight excluding hydrogens is 287 g/mol. The molecule has 114 valence electrons. The molecule has 1 aromatic carbocycles. The van der Waals surface area contributed by atoms with Crippen LogP contribution in [0.4, 0.5) is 4.39 Å². The zero-order valence-electron chi connectivity index (χ0n) is 12.0. The van der Waals surface area contributed by atoms with Crippen LogP contribution in [-0.2, 0) is 4.74 Å². The van der Waals surface area contributed by atoms with E-state index >= 15 is 0 Å². The van der Waals surface area contributed by atoms with E-state index in [0.29, 0.717) is 6.10 Å². The molecule has 0 radical (unpaired) electrons. The van der Waals surface area contributed by atoms with Gasteiger partial charge in [0.05, 0.1) is 12.1 Å². The van der Waals surface area contributed by atoms with Gasteiger partial charge < -0.3 is 4.74 Å². The fourth-order valence-corrected chi connectivity index (χ4v) is 4.08. The van der Waals surface area contributed by atoms with E-state index in [1.807, 2.05) is 12.1 Å². The molecule has 1 aliphatic heterocycles. The van der Waals surface area contributed by atoms with Gasteiger partial charge in [0.25, 0.3) is 0 Å². The van der Waals surface area contributed by atoms with E-state index in [9.17, 15) is 4.39 Å². The molecule has 2 heterocycles. The van der Waals surface area contributed by atoms with Crippen molar-refractivity contribution in [1.82, 2.24) is 5.43 Å². The molecule has 2 unspecified atom stereocenters. The lowest BCUT2D eigenvalue weighted by molar-refractivity contribution is 0.101. The second-order valence-corrected chi connectivity index (χ2v) is 6.73. The second kappa shape index (κ2) is 6.83. The van der Waals surface area contributed by atoms with E-state index in [0.717, 1.165) is 36.0 Å². The van der Waals surface area contributed by atoms with E-state index in [4.69, 9.17) is 10.6 Å². The highest BCUT2D eigenvalue weighted by Gasteiger charge is 2.17. The van der Waals surface area contributed by atoms with Gasteiger partial charge in [-0.15, -0.1) is 11.3 Å². The Kier molecular flexibility index (Phi) is 4.85. The topological polar surface area (TPSA) is 47.3 Å². The van der Waals surface area contributed by atoms with Crippen molar-refractivity contribution >= 4 is 21.4 Å². The lowest BCUT2D eigenvalue weighted by Crippen LogP contribution is -2.27. The third-order valence-corrected chi connectivity index (χ3v) is 5.31. The summed E-state index contributed by atoms with van der Waals surface area (Å²) < 4.78 is 20.0. The normalized spacial score (nSPS) is 20.2. The van der Waals surface area contributed by atoms with Crippen LogP contribution in [-0.4, -0.2) is 12.7 Å². The molecule has 3 N–H and O–H groups in total. The second-order valence-electron chi connectivity index (χ2n) is 5.62. The summed E-state index contributed by atoms with van der Waals surface area (Å²) in [6.07, 6.45) is 5.96. The third-order valence-electron chi connectivity index (χ3n) is 4.08. The number of rotatable bonds is 6. The quantitative estimate of drug-likeness (QED) is 0.628. The number of fused-ring (bicyclic) bond motifs is 1. The van der Waals surface area contributed by atoms with Crippen molar-refractivity contribution in [2.45, 2.75) is 44.2 Å². The summed E-state index contributed by atoms with van der Waals surface area (Å²) in [7, 11) is 0. The summed E-state index contributed by atoms with van der Waals surface area (Å²) in [5.41, 5.74) is 2.90. The van der Waals surface area contributed by atoms with Crippen molar-refractivity contribution in [2.24, 2.45) is 5.84 Å². The maximum Gasteiger partial charge on any atom is 0.123 e. The summed E-state index contributed by atoms with van der Waals surface area (Å²) in [5.74, 6) is 5.51.